The van der Waals surface area contributed by atoms with Crippen molar-refractivity contribution in [3.63, 3.8) is 0 Å². The second-order valence-electron chi connectivity index (χ2n) is 2.25. The summed E-state index contributed by atoms with van der Waals surface area (Å²) in [6.45, 7) is 2.15. The number of hydrogen-bond acceptors (Lipinski definition) is 2. The molecule has 0 aliphatic rings. The standard InChI is InChI=1S/C7H13BrN2/c1-2-3-4-7(5-8)10-6-9/h7,10H,2-5H2,1H3. The average Bonchev–Trinajstić information content (AvgIpc) is 1.98. The molecule has 0 saturated carbocycles. The van der Waals surface area contributed by atoms with Crippen molar-refractivity contribution in [1.29, 1.82) is 5.26 Å². The van der Waals surface area contributed by atoms with E-state index in [0.717, 1.165) is 11.8 Å². The molecule has 0 aromatic carbocycles. The lowest BCUT2D eigenvalue weighted by molar-refractivity contribution is 0.570. The molecular formula is C7H13BrN2. The Labute approximate surface area is 70.7 Å². The highest BCUT2D eigenvalue weighted by Crippen LogP contribution is 2.02. The van der Waals surface area contributed by atoms with Gasteiger partial charge in [0.1, 0.15) is 0 Å². The highest BCUT2D eigenvalue weighted by molar-refractivity contribution is 9.09. The van der Waals surface area contributed by atoms with E-state index in [2.05, 4.69) is 28.2 Å². The van der Waals surface area contributed by atoms with Crippen LogP contribution in [0.15, 0.2) is 0 Å². The van der Waals surface area contributed by atoms with E-state index in [0.29, 0.717) is 6.04 Å². The minimum Gasteiger partial charge on any atom is -0.320 e. The van der Waals surface area contributed by atoms with Crippen molar-refractivity contribution in [3.8, 4) is 6.19 Å². The van der Waals surface area contributed by atoms with Crippen LogP contribution in [-0.2, 0) is 0 Å². The molecule has 0 amide bonds. The van der Waals surface area contributed by atoms with Crippen molar-refractivity contribution in [1.82, 2.24) is 5.32 Å². The van der Waals surface area contributed by atoms with Gasteiger partial charge in [0.15, 0.2) is 6.19 Å². The predicted molar refractivity (Wildman–Crippen MR) is 45.9 cm³/mol. The van der Waals surface area contributed by atoms with Gasteiger partial charge in [0, 0.05) is 11.4 Å². The van der Waals surface area contributed by atoms with E-state index in [1.54, 1.807) is 0 Å². The first kappa shape index (κ1) is 9.77. The summed E-state index contributed by atoms with van der Waals surface area (Å²) >= 11 is 3.33. The summed E-state index contributed by atoms with van der Waals surface area (Å²) in [6, 6.07) is 0.324. The van der Waals surface area contributed by atoms with Crippen LogP contribution < -0.4 is 5.32 Å². The molecule has 0 heterocycles. The lowest BCUT2D eigenvalue weighted by atomic mass is 10.1. The molecule has 0 rings (SSSR count). The molecule has 58 valence electrons. The molecule has 2 nitrogen and oxygen atoms in total. The Morgan fingerprint density at radius 1 is 1.70 bits per heavy atom. The van der Waals surface area contributed by atoms with Gasteiger partial charge in [-0.1, -0.05) is 35.7 Å². The van der Waals surface area contributed by atoms with Gasteiger partial charge in [-0.25, -0.2) is 0 Å². The Bertz CT molecular complexity index is 109. The quantitative estimate of drug-likeness (QED) is 0.423. The number of alkyl halides is 1. The van der Waals surface area contributed by atoms with Crippen LogP contribution >= 0.6 is 15.9 Å². The van der Waals surface area contributed by atoms with E-state index >= 15 is 0 Å². The maximum Gasteiger partial charge on any atom is 0.176 e. The van der Waals surface area contributed by atoms with Gasteiger partial charge >= 0.3 is 0 Å². The van der Waals surface area contributed by atoms with E-state index in [-0.39, 0.29) is 0 Å². The fraction of sp³-hybridized carbons (Fsp3) is 0.857. The smallest absolute Gasteiger partial charge is 0.176 e. The molecule has 0 fully saturated rings. The highest BCUT2D eigenvalue weighted by Gasteiger charge is 2.02. The van der Waals surface area contributed by atoms with Gasteiger partial charge in [-0.05, 0) is 6.42 Å². The van der Waals surface area contributed by atoms with Gasteiger partial charge in [-0.3, -0.25) is 0 Å². The number of nitrogens with one attached hydrogen (secondary N) is 1. The highest BCUT2D eigenvalue weighted by atomic mass is 79.9. The first-order valence-electron chi connectivity index (χ1n) is 3.55. The minimum atomic E-state index is 0.324. The van der Waals surface area contributed by atoms with Crippen molar-refractivity contribution < 1.29 is 0 Å². The zero-order valence-corrected chi connectivity index (χ0v) is 7.82. The molecular weight excluding hydrogens is 192 g/mol. The average molecular weight is 205 g/mol. The number of nitrogens with zero attached hydrogens (tertiary/aromatic N) is 1. The fourth-order valence-electron chi connectivity index (χ4n) is 0.730. The SMILES string of the molecule is CCCCC(CBr)NC#N. The second-order valence-corrected chi connectivity index (χ2v) is 2.90. The zero-order chi connectivity index (χ0) is 7.82. The van der Waals surface area contributed by atoms with Crippen molar-refractivity contribution in [2.24, 2.45) is 0 Å². The molecule has 1 atom stereocenters. The van der Waals surface area contributed by atoms with Gasteiger partial charge in [-0.15, -0.1) is 0 Å². The Balaban J connectivity index is 3.32. The Kier molecular flexibility index (Phi) is 6.73. The van der Waals surface area contributed by atoms with Crippen LogP contribution in [-0.4, -0.2) is 11.4 Å². The van der Waals surface area contributed by atoms with Gasteiger partial charge in [0.2, 0.25) is 0 Å². The first-order chi connectivity index (χ1) is 4.85. The number of nitriles is 1. The third kappa shape index (κ3) is 4.63. The van der Waals surface area contributed by atoms with E-state index in [9.17, 15) is 0 Å². The first-order valence-corrected chi connectivity index (χ1v) is 4.67. The monoisotopic (exact) mass is 204 g/mol. The molecule has 0 aromatic rings. The molecule has 0 spiro atoms. The predicted octanol–water partition coefficient (Wildman–Crippen LogP) is 2.01. The number of hydrogen-bond donors (Lipinski definition) is 1. The van der Waals surface area contributed by atoms with E-state index < -0.39 is 0 Å². The minimum absolute atomic E-state index is 0.324. The molecule has 0 radical (unpaired) electrons. The zero-order valence-electron chi connectivity index (χ0n) is 6.23. The van der Waals surface area contributed by atoms with E-state index in [1.165, 1.54) is 12.8 Å². The molecule has 1 N–H and O–H groups in total. The van der Waals surface area contributed by atoms with Crippen molar-refractivity contribution in [2.45, 2.75) is 32.2 Å². The van der Waals surface area contributed by atoms with Gasteiger partial charge in [-0.2, -0.15) is 5.26 Å². The third-order valence-electron chi connectivity index (χ3n) is 1.36. The summed E-state index contributed by atoms with van der Waals surface area (Å²) in [4.78, 5) is 0. The molecule has 0 aromatic heterocycles. The maximum absolute atomic E-state index is 8.29. The summed E-state index contributed by atoms with van der Waals surface area (Å²) in [6.07, 6.45) is 5.40. The van der Waals surface area contributed by atoms with Crippen molar-refractivity contribution >= 4 is 15.9 Å². The van der Waals surface area contributed by atoms with E-state index in [1.807, 2.05) is 6.19 Å². The van der Waals surface area contributed by atoms with Crippen LogP contribution in [0.25, 0.3) is 0 Å². The summed E-state index contributed by atoms with van der Waals surface area (Å²) in [5.41, 5.74) is 0. The molecule has 10 heavy (non-hydrogen) atoms. The van der Waals surface area contributed by atoms with Gasteiger partial charge < -0.3 is 5.32 Å². The molecule has 0 aliphatic carbocycles. The number of unbranched alkanes of at least 4 members (excludes halogenated alkanes) is 1. The van der Waals surface area contributed by atoms with Crippen molar-refractivity contribution in [3.05, 3.63) is 0 Å². The number of rotatable bonds is 5. The van der Waals surface area contributed by atoms with Crippen LogP contribution in [0.4, 0.5) is 0 Å². The lowest BCUT2D eigenvalue weighted by Crippen LogP contribution is -2.25. The van der Waals surface area contributed by atoms with Gasteiger partial charge in [0.25, 0.3) is 0 Å². The maximum atomic E-state index is 8.29. The largest absolute Gasteiger partial charge is 0.320 e. The third-order valence-corrected chi connectivity index (χ3v) is 2.14. The molecule has 3 heteroatoms. The van der Waals surface area contributed by atoms with Crippen molar-refractivity contribution in [2.75, 3.05) is 5.33 Å². The summed E-state index contributed by atoms with van der Waals surface area (Å²) in [5.74, 6) is 0. The Hall–Kier alpha value is -0.230. The topological polar surface area (TPSA) is 35.8 Å². The van der Waals surface area contributed by atoms with Gasteiger partial charge in [0.05, 0.1) is 0 Å². The molecule has 0 saturated heterocycles. The normalized spacial score (nSPS) is 12.1. The molecule has 1 unspecified atom stereocenters. The summed E-state index contributed by atoms with van der Waals surface area (Å²) in [5, 5.41) is 11.9. The number of halogens is 1. The van der Waals surface area contributed by atoms with Crippen LogP contribution in [0.5, 0.6) is 0 Å². The van der Waals surface area contributed by atoms with Crippen LogP contribution in [0.2, 0.25) is 0 Å². The second kappa shape index (κ2) is 6.88. The Morgan fingerprint density at radius 2 is 2.40 bits per heavy atom. The van der Waals surface area contributed by atoms with Crippen LogP contribution in [0, 0.1) is 11.5 Å². The van der Waals surface area contributed by atoms with E-state index in [4.69, 9.17) is 5.26 Å². The summed E-state index contributed by atoms with van der Waals surface area (Å²) < 4.78 is 0. The lowest BCUT2D eigenvalue weighted by Gasteiger charge is -2.09. The van der Waals surface area contributed by atoms with Crippen LogP contribution in [0.3, 0.4) is 0 Å². The fourth-order valence-corrected chi connectivity index (χ4v) is 1.22. The molecule has 0 bridgehead atoms. The van der Waals surface area contributed by atoms with Crippen LogP contribution in [0.1, 0.15) is 26.2 Å². The molecule has 0 aliphatic heterocycles. The summed E-state index contributed by atoms with van der Waals surface area (Å²) in [7, 11) is 0. The Morgan fingerprint density at radius 3 is 2.80 bits per heavy atom.